The highest BCUT2D eigenvalue weighted by Gasteiger charge is 2.12. The number of hydrogen-bond acceptors (Lipinski definition) is 1. The zero-order chi connectivity index (χ0) is 14.0. The highest BCUT2D eigenvalue weighted by molar-refractivity contribution is 9.10. The second kappa shape index (κ2) is 5.61. The topological polar surface area (TPSA) is 9.23 Å². The lowest BCUT2D eigenvalue weighted by molar-refractivity contribution is 0.273. The van der Waals surface area contributed by atoms with Crippen LogP contribution in [-0.4, -0.2) is 0 Å². The molecule has 0 fully saturated rings. The third-order valence-corrected chi connectivity index (χ3v) is 2.79. The molecule has 0 atom stereocenters. The summed E-state index contributed by atoms with van der Waals surface area (Å²) in [6.07, 6.45) is 0. The van der Waals surface area contributed by atoms with Crippen LogP contribution in [0.4, 0.5) is 17.6 Å². The van der Waals surface area contributed by atoms with Crippen LogP contribution in [0.15, 0.2) is 34.8 Å². The third-order valence-electron chi connectivity index (χ3n) is 2.33. The maximum absolute atomic E-state index is 13.4. The van der Waals surface area contributed by atoms with Crippen LogP contribution in [0.5, 0.6) is 5.75 Å². The van der Waals surface area contributed by atoms with Crippen molar-refractivity contribution < 1.29 is 22.3 Å². The Morgan fingerprint density at radius 1 is 0.842 bits per heavy atom. The largest absolute Gasteiger partial charge is 0.483 e. The summed E-state index contributed by atoms with van der Waals surface area (Å²) in [7, 11) is 0. The summed E-state index contributed by atoms with van der Waals surface area (Å²) in [5, 5.41) is 0. The van der Waals surface area contributed by atoms with Crippen LogP contribution < -0.4 is 4.74 Å². The van der Waals surface area contributed by atoms with Crippen LogP contribution in [0.3, 0.4) is 0 Å². The zero-order valence-electron chi connectivity index (χ0n) is 9.39. The van der Waals surface area contributed by atoms with Gasteiger partial charge in [0, 0.05) is 4.47 Å². The van der Waals surface area contributed by atoms with E-state index in [0.717, 1.165) is 24.3 Å². The molecule has 100 valence electrons. The van der Waals surface area contributed by atoms with Crippen molar-refractivity contribution in [3.05, 3.63) is 63.6 Å². The van der Waals surface area contributed by atoms with E-state index in [1.165, 1.54) is 6.07 Å². The summed E-state index contributed by atoms with van der Waals surface area (Å²) < 4.78 is 57.7. The van der Waals surface area contributed by atoms with Crippen molar-refractivity contribution in [3.8, 4) is 5.75 Å². The van der Waals surface area contributed by atoms with Crippen molar-refractivity contribution in [1.29, 1.82) is 0 Å². The van der Waals surface area contributed by atoms with Gasteiger partial charge < -0.3 is 4.74 Å². The predicted octanol–water partition coefficient (Wildman–Crippen LogP) is 4.58. The molecule has 0 heterocycles. The minimum atomic E-state index is -1.04. The first-order valence-electron chi connectivity index (χ1n) is 5.18. The van der Waals surface area contributed by atoms with Gasteiger partial charge in [0.25, 0.3) is 0 Å². The molecular weight excluding hydrogens is 328 g/mol. The minimum absolute atomic E-state index is 0.239. The van der Waals surface area contributed by atoms with Crippen molar-refractivity contribution in [3.63, 3.8) is 0 Å². The summed E-state index contributed by atoms with van der Waals surface area (Å²) in [4.78, 5) is 0. The molecule has 0 aliphatic carbocycles. The first kappa shape index (κ1) is 13.9. The van der Waals surface area contributed by atoms with Crippen molar-refractivity contribution in [2.75, 3.05) is 0 Å². The molecule has 0 saturated carbocycles. The molecule has 1 nitrogen and oxygen atoms in total. The van der Waals surface area contributed by atoms with Crippen LogP contribution in [0.1, 0.15) is 5.56 Å². The number of halogens is 5. The Hall–Kier alpha value is -1.56. The van der Waals surface area contributed by atoms with Gasteiger partial charge in [0.2, 0.25) is 0 Å². The fourth-order valence-electron chi connectivity index (χ4n) is 1.45. The fourth-order valence-corrected chi connectivity index (χ4v) is 1.85. The van der Waals surface area contributed by atoms with E-state index in [0.29, 0.717) is 0 Å². The average molecular weight is 335 g/mol. The average Bonchev–Trinajstić information content (AvgIpc) is 2.32. The van der Waals surface area contributed by atoms with Gasteiger partial charge in [-0.25, -0.2) is 17.6 Å². The van der Waals surface area contributed by atoms with Gasteiger partial charge in [-0.1, -0.05) is 22.0 Å². The zero-order valence-corrected chi connectivity index (χ0v) is 11.0. The second-order valence-corrected chi connectivity index (χ2v) is 4.65. The highest BCUT2D eigenvalue weighted by Crippen LogP contribution is 2.26. The van der Waals surface area contributed by atoms with Gasteiger partial charge in [0.1, 0.15) is 6.61 Å². The van der Waals surface area contributed by atoms with Gasteiger partial charge in [-0.05, 0) is 29.8 Å². The molecule has 0 spiro atoms. The molecule has 0 unspecified atom stereocenters. The lowest BCUT2D eigenvalue weighted by Gasteiger charge is -2.09. The maximum atomic E-state index is 13.4. The molecule has 6 heteroatoms. The van der Waals surface area contributed by atoms with Gasteiger partial charge in [-0.2, -0.15) is 0 Å². The van der Waals surface area contributed by atoms with Gasteiger partial charge in [0.15, 0.2) is 29.0 Å². The van der Waals surface area contributed by atoms with E-state index in [4.69, 9.17) is 4.74 Å². The van der Waals surface area contributed by atoms with Crippen molar-refractivity contribution in [2.24, 2.45) is 0 Å². The van der Waals surface area contributed by atoms with E-state index in [2.05, 4.69) is 15.9 Å². The molecule has 0 saturated heterocycles. The van der Waals surface area contributed by atoms with E-state index >= 15 is 0 Å². The number of ether oxygens (including phenoxy) is 1. The fraction of sp³-hybridized carbons (Fsp3) is 0.0769. The molecule has 2 aromatic rings. The van der Waals surface area contributed by atoms with E-state index in [1.54, 1.807) is 0 Å². The quantitative estimate of drug-likeness (QED) is 0.746. The standard InChI is InChI=1S/C13H7BrF4O/c14-8-4-11(17)13(12(18)5-8)19-6-7-1-2-9(15)10(16)3-7/h1-5H,6H2. The molecule has 0 radical (unpaired) electrons. The lowest BCUT2D eigenvalue weighted by atomic mass is 10.2. The highest BCUT2D eigenvalue weighted by atomic mass is 79.9. The Balaban J connectivity index is 2.16. The summed E-state index contributed by atoms with van der Waals surface area (Å²) >= 11 is 2.93. The predicted molar refractivity (Wildman–Crippen MR) is 64.7 cm³/mol. The first-order valence-corrected chi connectivity index (χ1v) is 5.98. The van der Waals surface area contributed by atoms with E-state index in [9.17, 15) is 17.6 Å². The minimum Gasteiger partial charge on any atom is -0.483 e. The van der Waals surface area contributed by atoms with Gasteiger partial charge in [0.05, 0.1) is 0 Å². The van der Waals surface area contributed by atoms with Crippen LogP contribution in [0.2, 0.25) is 0 Å². The first-order chi connectivity index (χ1) is 8.97. The Morgan fingerprint density at radius 2 is 1.47 bits per heavy atom. The third kappa shape index (κ3) is 3.26. The van der Waals surface area contributed by atoms with Gasteiger partial charge >= 0.3 is 0 Å². The molecular formula is C13H7BrF4O. The Morgan fingerprint density at radius 3 is 2.05 bits per heavy atom. The molecule has 2 rings (SSSR count). The molecule has 0 amide bonds. The summed E-state index contributed by atoms with van der Waals surface area (Å²) in [6, 6.07) is 5.19. The van der Waals surface area contributed by atoms with Crippen LogP contribution in [-0.2, 0) is 6.61 Å². The second-order valence-electron chi connectivity index (χ2n) is 3.74. The van der Waals surface area contributed by atoms with Gasteiger partial charge in [-0.15, -0.1) is 0 Å². The molecule has 0 N–H and O–H groups in total. The normalized spacial score (nSPS) is 10.6. The van der Waals surface area contributed by atoms with Crippen molar-refractivity contribution in [2.45, 2.75) is 6.61 Å². The summed E-state index contributed by atoms with van der Waals surface area (Å²) in [5.74, 6) is -4.36. The van der Waals surface area contributed by atoms with E-state index < -0.39 is 29.0 Å². The summed E-state index contributed by atoms with van der Waals surface area (Å²) in [6.45, 7) is -0.271. The Bertz CT molecular complexity index is 593. The lowest BCUT2D eigenvalue weighted by Crippen LogP contribution is -2.01. The van der Waals surface area contributed by atoms with Crippen molar-refractivity contribution in [1.82, 2.24) is 0 Å². The molecule has 0 bridgehead atoms. The smallest absolute Gasteiger partial charge is 0.191 e. The van der Waals surface area contributed by atoms with Crippen LogP contribution >= 0.6 is 15.9 Å². The molecule has 0 aliphatic heterocycles. The molecule has 19 heavy (non-hydrogen) atoms. The Labute approximate surface area is 114 Å². The van der Waals surface area contributed by atoms with Crippen molar-refractivity contribution >= 4 is 15.9 Å². The molecule has 0 aliphatic rings. The summed E-state index contributed by atoms with van der Waals surface area (Å²) in [5.41, 5.74) is 0.264. The Kier molecular flexibility index (Phi) is 4.09. The van der Waals surface area contributed by atoms with Crippen LogP contribution in [0, 0.1) is 23.3 Å². The van der Waals surface area contributed by atoms with E-state index in [1.807, 2.05) is 0 Å². The van der Waals surface area contributed by atoms with Gasteiger partial charge in [-0.3, -0.25) is 0 Å². The monoisotopic (exact) mass is 334 g/mol. The number of rotatable bonds is 3. The number of benzene rings is 2. The molecule has 0 aromatic heterocycles. The maximum Gasteiger partial charge on any atom is 0.191 e. The number of hydrogen-bond donors (Lipinski definition) is 0. The van der Waals surface area contributed by atoms with Crippen LogP contribution in [0.25, 0.3) is 0 Å². The molecule has 2 aromatic carbocycles. The SMILES string of the molecule is Fc1ccc(COc2c(F)cc(Br)cc2F)cc1F. The van der Waals surface area contributed by atoms with E-state index in [-0.39, 0.29) is 16.6 Å².